The second-order valence-electron chi connectivity index (χ2n) is 9.38. The summed E-state index contributed by atoms with van der Waals surface area (Å²) in [6.07, 6.45) is 9.22. The summed E-state index contributed by atoms with van der Waals surface area (Å²) >= 11 is 0. The Morgan fingerprint density at radius 3 is 2.66 bits per heavy atom. The van der Waals surface area contributed by atoms with Gasteiger partial charge in [0.05, 0.1) is 5.56 Å². The van der Waals surface area contributed by atoms with Crippen molar-refractivity contribution in [2.24, 2.45) is 0 Å². The smallest absolute Gasteiger partial charge is 0.259 e. The van der Waals surface area contributed by atoms with Crippen molar-refractivity contribution < 1.29 is 9.15 Å². The van der Waals surface area contributed by atoms with Crippen molar-refractivity contribution in [1.29, 1.82) is 0 Å². The maximum absolute atomic E-state index is 12.8. The fourth-order valence-electron chi connectivity index (χ4n) is 4.46. The SMILES string of the molecule is CCCc1cnc(N2CCC(Oc3cc[nH]c(=O)c3-c3ccc4oc(C(C)C)nc4c3)CC2)nc1. The highest BCUT2D eigenvalue weighted by Gasteiger charge is 2.24. The molecule has 0 bridgehead atoms. The zero-order valence-corrected chi connectivity index (χ0v) is 20.5. The first kappa shape index (κ1) is 23.1. The summed E-state index contributed by atoms with van der Waals surface area (Å²) < 4.78 is 12.2. The van der Waals surface area contributed by atoms with Crippen LogP contribution in [0.3, 0.4) is 0 Å². The van der Waals surface area contributed by atoms with Gasteiger partial charge in [0, 0.05) is 50.4 Å². The minimum absolute atomic E-state index is 0.00879. The third-order valence-electron chi connectivity index (χ3n) is 6.36. The molecule has 1 aliphatic heterocycles. The summed E-state index contributed by atoms with van der Waals surface area (Å²) in [4.78, 5) is 31.5. The van der Waals surface area contributed by atoms with E-state index in [1.54, 1.807) is 6.20 Å². The third kappa shape index (κ3) is 4.92. The molecule has 0 atom stereocenters. The number of aromatic nitrogens is 4. The van der Waals surface area contributed by atoms with E-state index in [0.29, 0.717) is 22.8 Å². The fraction of sp³-hybridized carbons (Fsp3) is 0.407. The number of nitrogens with zero attached hydrogens (tertiary/aromatic N) is 4. The van der Waals surface area contributed by atoms with Crippen molar-refractivity contribution in [3.05, 3.63) is 64.7 Å². The molecule has 182 valence electrons. The van der Waals surface area contributed by atoms with Crippen LogP contribution in [0.1, 0.15) is 57.4 Å². The molecular weight excluding hydrogens is 442 g/mol. The Kier molecular flexibility index (Phi) is 6.53. The predicted molar refractivity (Wildman–Crippen MR) is 136 cm³/mol. The number of pyridine rings is 1. The molecule has 4 aromatic rings. The predicted octanol–water partition coefficient (Wildman–Crippen LogP) is 5.10. The van der Waals surface area contributed by atoms with Crippen LogP contribution in [0.4, 0.5) is 5.95 Å². The average molecular weight is 474 g/mol. The first-order chi connectivity index (χ1) is 17.0. The molecule has 0 amide bonds. The molecule has 1 saturated heterocycles. The molecule has 0 unspecified atom stereocenters. The lowest BCUT2D eigenvalue weighted by molar-refractivity contribution is 0.171. The molecule has 8 nitrogen and oxygen atoms in total. The summed E-state index contributed by atoms with van der Waals surface area (Å²) in [5.74, 6) is 2.22. The molecule has 1 fully saturated rings. The lowest BCUT2D eigenvalue weighted by atomic mass is 10.0. The number of benzene rings is 1. The normalized spacial score (nSPS) is 14.7. The van der Waals surface area contributed by atoms with Crippen LogP contribution < -0.4 is 15.2 Å². The number of oxazole rings is 1. The molecule has 4 heterocycles. The Bertz CT molecular complexity index is 1350. The highest BCUT2D eigenvalue weighted by atomic mass is 16.5. The molecule has 1 aromatic carbocycles. The van der Waals surface area contributed by atoms with Gasteiger partial charge in [-0.1, -0.05) is 33.3 Å². The second-order valence-corrected chi connectivity index (χ2v) is 9.38. The largest absolute Gasteiger partial charge is 0.489 e. The monoisotopic (exact) mass is 473 g/mol. The Labute approximate surface area is 204 Å². The second kappa shape index (κ2) is 9.90. The maximum Gasteiger partial charge on any atom is 0.259 e. The maximum atomic E-state index is 12.8. The molecule has 0 spiro atoms. The molecule has 0 radical (unpaired) electrons. The van der Waals surface area contributed by atoms with Gasteiger partial charge >= 0.3 is 0 Å². The number of H-pyrrole nitrogens is 1. The van der Waals surface area contributed by atoms with E-state index in [0.717, 1.165) is 55.8 Å². The Morgan fingerprint density at radius 2 is 1.94 bits per heavy atom. The standard InChI is InChI=1S/C27H31N5O3/c1-4-5-18-15-29-27(30-16-18)32-12-9-20(10-13-32)34-23-8-11-28-25(33)24(23)19-6-7-22-21(14-19)31-26(35-22)17(2)3/h6-8,11,14-17,20H,4-5,9-10,12-13H2,1-3H3,(H,28,33). The number of ether oxygens (including phenoxy) is 1. The van der Waals surface area contributed by atoms with Crippen molar-refractivity contribution in [3.8, 4) is 16.9 Å². The number of anilines is 1. The van der Waals surface area contributed by atoms with Crippen molar-refractivity contribution in [2.45, 2.75) is 58.5 Å². The molecule has 0 aliphatic carbocycles. The Balaban J connectivity index is 1.32. The lowest BCUT2D eigenvalue weighted by Gasteiger charge is -2.32. The number of piperidine rings is 1. The fourth-order valence-corrected chi connectivity index (χ4v) is 4.46. The van der Waals surface area contributed by atoms with Gasteiger partial charge in [-0.3, -0.25) is 4.79 Å². The van der Waals surface area contributed by atoms with Gasteiger partial charge < -0.3 is 19.0 Å². The van der Waals surface area contributed by atoms with Crippen molar-refractivity contribution in [1.82, 2.24) is 19.9 Å². The van der Waals surface area contributed by atoms with Gasteiger partial charge in [-0.15, -0.1) is 0 Å². The van der Waals surface area contributed by atoms with E-state index < -0.39 is 0 Å². The van der Waals surface area contributed by atoms with Gasteiger partial charge in [-0.2, -0.15) is 0 Å². The van der Waals surface area contributed by atoms with Crippen molar-refractivity contribution >= 4 is 17.0 Å². The van der Waals surface area contributed by atoms with Crippen LogP contribution in [-0.4, -0.2) is 39.1 Å². The third-order valence-corrected chi connectivity index (χ3v) is 6.36. The molecular formula is C27H31N5O3. The number of nitrogens with one attached hydrogen (secondary N) is 1. The Hall–Kier alpha value is -3.68. The summed E-state index contributed by atoms with van der Waals surface area (Å²) in [5.41, 5.74) is 3.70. The minimum Gasteiger partial charge on any atom is -0.489 e. The number of rotatable bonds is 7. The van der Waals surface area contributed by atoms with Crippen LogP contribution in [0.2, 0.25) is 0 Å². The Morgan fingerprint density at radius 1 is 1.17 bits per heavy atom. The molecule has 3 aromatic heterocycles. The highest BCUT2D eigenvalue weighted by Crippen LogP contribution is 2.32. The summed E-state index contributed by atoms with van der Waals surface area (Å²) in [6.45, 7) is 7.84. The zero-order chi connectivity index (χ0) is 24.4. The van der Waals surface area contributed by atoms with Crippen LogP contribution in [0, 0.1) is 0 Å². The van der Waals surface area contributed by atoms with E-state index in [2.05, 4.69) is 31.8 Å². The van der Waals surface area contributed by atoms with Gasteiger partial charge in [-0.05, 0) is 35.7 Å². The summed E-state index contributed by atoms with van der Waals surface area (Å²) in [6, 6.07) is 7.47. The van der Waals surface area contributed by atoms with E-state index in [4.69, 9.17) is 9.15 Å². The highest BCUT2D eigenvalue weighted by molar-refractivity contribution is 5.82. The quantitative estimate of drug-likeness (QED) is 0.399. The first-order valence-electron chi connectivity index (χ1n) is 12.4. The molecule has 0 saturated carbocycles. The number of aromatic amines is 1. The molecule has 1 N–H and O–H groups in total. The zero-order valence-electron chi connectivity index (χ0n) is 20.5. The van der Waals surface area contributed by atoms with E-state index in [9.17, 15) is 4.79 Å². The lowest BCUT2D eigenvalue weighted by Crippen LogP contribution is -2.39. The van der Waals surface area contributed by atoms with Crippen LogP contribution in [-0.2, 0) is 6.42 Å². The van der Waals surface area contributed by atoms with Crippen molar-refractivity contribution in [2.75, 3.05) is 18.0 Å². The van der Waals surface area contributed by atoms with Gasteiger partial charge in [0.2, 0.25) is 5.95 Å². The average Bonchev–Trinajstić information content (AvgIpc) is 3.29. The molecule has 8 heteroatoms. The van der Waals surface area contributed by atoms with Crippen molar-refractivity contribution in [3.63, 3.8) is 0 Å². The van der Waals surface area contributed by atoms with Gasteiger partial charge in [-0.25, -0.2) is 15.0 Å². The van der Waals surface area contributed by atoms with Crippen LogP contribution >= 0.6 is 0 Å². The van der Waals surface area contributed by atoms with Crippen LogP contribution in [0.5, 0.6) is 5.75 Å². The van der Waals surface area contributed by atoms with E-state index in [1.165, 1.54) is 5.56 Å². The van der Waals surface area contributed by atoms with Crippen LogP contribution in [0.25, 0.3) is 22.2 Å². The van der Waals surface area contributed by atoms with Gasteiger partial charge in [0.25, 0.3) is 5.56 Å². The van der Waals surface area contributed by atoms with E-state index >= 15 is 0 Å². The number of hydrogen-bond acceptors (Lipinski definition) is 7. The van der Waals surface area contributed by atoms with Gasteiger partial charge in [0.1, 0.15) is 17.4 Å². The molecule has 35 heavy (non-hydrogen) atoms. The first-order valence-corrected chi connectivity index (χ1v) is 12.4. The summed E-state index contributed by atoms with van der Waals surface area (Å²) in [7, 11) is 0. The molecule has 1 aliphatic rings. The number of hydrogen-bond donors (Lipinski definition) is 1. The number of aryl methyl sites for hydroxylation is 1. The minimum atomic E-state index is -0.188. The van der Waals surface area contributed by atoms with E-state index in [-0.39, 0.29) is 17.6 Å². The van der Waals surface area contributed by atoms with Crippen LogP contribution in [0.15, 0.2) is 52.1 Å². The number of fused-ring (bicyclic) bond motifs is 1. The van der Waals surface area contributed by atoms with E-state index in [1.807, 2.05) is 50.5 Å². The molecule has 5 rings (SSSR count). The van der Waals surface area contributed by atoms with Gasteiger partial charge in [0.15, 0.2) is 11.5 Å². The summed E-state index contributed by atoms with van der Waals surface area (Å²) in [5, 5.41) is 0. The topological polar surface area (TPSA) is 97.1 Å².